The zero-order valence-electron chi connectivity index (χ0n) is 14.1. The van der Waals surface area contributed by atoms with Crippen LogP contribution in [0.3, 0.4) is 0 Å². The second kappa shape index (κ2) is 8.22. The van der Waals surface area contributed by atoms with Crippen LogP contribution in [0.5, 0.6) is 0 Å². The van der Waals surface area contributed by atoms with Gasteiger partial charge in [-0.2, -0.15) is 0 Å². The van der Waals surface area contributed by atoms with Crippen molar-refractivity contribution in [2.75, 3.05) is 6.54 Å². The maximum atomic E-state index is 13.5. The van der Waals surface area contributed by atoms with Crippen molar-refractivity contribution in [3.63, 3.8) is 0 Å². The molecule has 2 N–H and O–H groups in total. The Labute approximate surface area is 147 Å². The standard InChI is InChI=1S/C18H21FN2O3S/c1-13(2)14-7-9-16(10-8-14)25(23,24)21-12-18(22)20-11-15-5-3-4-6-17(15)19/h3-10,13,21H,11-12H2,1-2H3,(H,20,22). The van der Waals surface area contributed by atoms with Crippen LogP contribution in [0.1, 0.15) is 30.9 Å². The van der Waals surface area contributed by atoms with Crippen LogP contribution in [0.4, 0.5) is 4.39 Å². The second-order valence-corrected chi connectivity index (χ2v) is 7.68. The monoisotopic (exact) mass is 364 g/mol. The molecule has 0 heterocycles. The van der Waals surface area contributed by atoms with Crippen LogP contribution in [0, 0.1) is 5.82 Å². The minimum Gasteiger partial charge on any atom is -0.351 e. The molecule has 0 fully saturated rings. The molecule has 0 aromatic heterocycles. The van der Waals surface area contributed by atoms with E-state index in [2.05, 4.69) is 10.0 Å². The first-order valence-corrected chi connectivity index (χ1v) is 9.37. The summed E-state index contributed by atoms with van der Waals surface area (Å²) in [5.41, 5.74) is 1.37. The average Bonchev–Trinajstić information content (AvgIpc) is 2.59. The molecule has 2 aromatic carbocycles. The summed E-state index contributed by atoms with van der Waals surface area (Å²) in [6, 6.07) is 12.6. The van der Waals surface area contributed by atoms with E-state index in [9.17, 15) is 17.6 Å². The van der Waals surface area contributed by atoms with E-state index in [1.807, 2.05) is 13.8 Å². The minimum atomic E-state index is -3.77. The molecule has 0 spiro atoms. The Hall–Kier alpha value is -2.25. The molecule has 2 rings (SSSR count). The predicted molar refractivity (Wildman–Crippen MR) is 94.0 cm³/mol. The van der Waals surface area contributed by atoms with Gasteiger partial charge in [0, 0.05) is 12.1 Å². The molecule has 0 saturated heterocycles. The highest BCUT2D eigenvalue weighted by Gasteiger charge is 2.16. The van der Waals surface area contributed by atoms with Gasteiger partial charge in [0.15, 0.2) is 0 Å². The summed E-state index contributed by atoms with van der Waals surface area (Å²) in [4.78, 5) is 11.9. The summed E-state index contributed by atoms with van der Waals surface area (Å²) in [6.07, 6.45) is 0. The first kappa shape index (κ1) is 19.1. The van der Waals surface area contributed by atoms with Crippen LogP contribution >= 0.6 is 0 Å². The van der Waals surface area contributed by atoms with Gasteiger partial charge >= 0.3 is 0 Å². The minimum absolute atomic E-state index is 0.00365. The first-order valence-electron chi connectivity index (χ1n) is 7.89. The number of nitrogens with one attached hydrogen (secondary N) is 2. The van der Waals surface area contributed by atoms with Gasteiger partial charge in [-0.3, -0.25) is 4.79 Å². The molecule has 5 nitrogen and oxygen atoms in total. The van der Waals surface area contributed by atoms with Crippen molar-refractivity contribution in [1.82, 2.24) is 10.0 Å². The molecule has 134 valence electrons. The molecular weight excluding hydrogens is 343 g/mol. The summed E-state index contributed by atoms with van der Waals surface area (Å²) in [7, 11) is -3.77. The van der Waals surface area contributed by atoms with Gasteiger partial charge in [-0.05, 0) is 29.7 Å². The van der Waals surface area contributed by atoms with Crippen molar-refractivity contribution < 1.29 is 17.6 Å². The number of carbonyl (C=O) groups is 1. The molecule has 0 bridgehead atoms. The number of halogens is 1. The van der Waals surface area contributed by atoms with Crippen molar-refractivity contribution >= 4 is 15.9 Å². The van der Waals surface area contributed by atoms with Gasteiger partial charge in [-0.1, -0.05) is 44.2 Å². The van der Waals surface area contributed by atoms with Crippen LogP contribution in [0.15, 0.2) is 53.4 Å². The van der Waals surface area contributed by atoms with Gasteiger partial charge in [-0.25, -0.2) is 17.5 Å². The molecule has 0 saturated carbocycles. The topological polar surface area (TPSA) is 75.3 Å². The zero-order valence-corrected chi connectivity index (χ0v) is 14.9. The lowest BCUT2D eigenvalue weighted by Gasteiger charge is -2.10. The van der Waals surface area contributed by atoms with Crippen molar-refractivity contribution in [3.05, 3.63) is 65.5 Å². The van der Waals surface area contributed by atoms with E-state index in [4.69, 9.17) is 0 Å². The summed E-state index contributed by atoms with van der Waals surface area (Å²) in [5, 5.41) is 2.48. The number of benzene rings is 2. The predicted octanol–water partition coefficient (Wildman–Crippen LogP) is 2.54. The lowest BCUT2D eigenvalue weighted by molar-refractivity contribution is -0.120. The maximum Gasteiger partial charge on any atom is 0.241 e. The number of carbonyl (C=O) groups excluding carboxylic acids is 1. The Morgan fingerprint density at radius 2 is 1.72 bits per heavy atom. The number of sulfonamides is 1. The summed E-state index contributed by atoms with van der Waals surface area (Å²) in [5.74, 6) is -0.659. The number of rotatable bonds is 7. The molecule has 0 aliphatic carbocycles. The third-order valence-electron chi connectivity index (χ3n) is 3.71. The lowest BCUT2D eigenvalue weighted by atomic mass is 10.0. The molecule has 0 unspecified atom stereocenters. The van der Waals surface area contributed by atoms with E-state index in [1.54, 1.807) is 30.3 Å². The van der Waals surface area contributed by atoms with Crippen LogP contribution in [-0.2, 0) is 21.4 Å². The van der Waals surface area contributed by atoms with E-state index < -0.39 is 28.3 Å². The zero-order chi connectivity index (χ0) is 18.4. The lowest BCUT2D eigenvalue weighted by Crippen LogP contribution is -2.36. The molecule has 0 atom stereocenters. The maximum absolute atomic E-state index is 13.5. The smallest absolute Gasteiger partial charge is 0.241 e. The van der Waals surface area contributed by atoms with E-state index in [0.717, 1.165) is 5.56 Å². The van der Waals surface area contributed by atoms with Crippen LogP contribution in [0.25, 0.3) is 0 Å². The fourth-order valence-corrected chi connectivity index (χ4v) is 3.16. The molecule has 2 aromatic rings. The van der Waals surface area contributed by atoms with Crippen LogP contribution < -0.4 is 10.0 Å². The van der Waals surface area contributed by atoms with Gasteiger partial charge in [0.25, 0.3) is 0 Å². The molecule has 25 heavy (non-hydrogen) atoms. The Balaban J connectivity index is 1.90. The van der Waals surface area contributed by atoms with Crippen LogP contribution in [0.2, 0.25) is 0 Å². The number of hydrogen-bond donors (Lipinski definition) is 2. The Morgan fingerprint density at radius 3 is 2.32 bits per heavy atom. The van der Waals surface area contributed by atoms with Gasteiger partial charge in [0.05, 0.1) is 11.4 Å². The molecule has 0 radical (unpaired) electrons. The van der Waals surface area contributed by atoms with E-state index >= 15 is 0 Å². The molecule has 7 heteroatoms. The van der Waals surface area contributed by atoms with Gasteiger partial charge in [-0.15, -0.1) is 0 Å². The van der Waals surface area contributed by atoms with Crippen molar-refractivity contribution in [2.45, 2.75) is 31.2 Å². The molecule has 1 amide bonds. The van der Waals surface area contributed by atoms with Crippen LogP contribution in [-0.4, -0.2) is 20.9 Å². The SMILES string of the molecule is CC(C)c1ccc(S(=O)(=O)NCC(=O)NCc2ccccc2F)cc1. The van der Waals surface area contributed by atoms with Crippen molar-refractivity contribution in [3.8, 4) is 0 Å². The Bertz CT molecular complexity index is 834. The molecule has 0 aliphatic heterocycles. The van der Waals surface area contributed by atoms with E-state index in [0.29, 0.717) is 11.5 Å². The first-order chi connectivity index (χ1) is 11.8. The highest BCUT2D eigenvalue weighted by molar-refractivity contribution is 7.89. The van der Waals surface area contributed by atoms with Gasteiger partial charge in [0.2, 0.25) is 15.9 Å². The average molecular weight is 364 g/mol. The highest BCUT2D eigenvalue weighted by Crippen LogP contribution is 2.17. The molecular formula is C18H21FN2O3S. The fourth-order valence-electron chi connectivity index (χ4n) is 2.17. The normalized spacial score (nSPS) is 11.5. The third kappa shape index (κ3) is 5.37. The Morgan fingerprint density at radius 1 is 1.08 bits per heavy atom. The van der Waals surface area contributed by atoms with Gasteiger partial charge < -0.3 is 5.32 Å². The largest absolute Gasteiger partial charge is 0.351 e. The quantitative estimate of drug-likeness (QED) is 0.793. The number of amides is 1. The van der Waals surface area contributed by atoms with E-state index in [1.165, 1.54) is 18.2 Å². The van der Waals surface area contributed by atoms with Crippen molar-refractivity contribution in [2.24, 2.45) is 0 Å². The summed E-state index contributed by atoms with van der Waals surface area (Å²) in [6.45, 7) is 3.61. The third-order valence-corrected chi connectivity index (χ3v) is 5.13. The van der Waals surface area contributed by atoms with Crippen molar-refractivity contribution in [1.29, 1.82) is 0 Å². The second-order valence-electron chi connectivity index (χ2n) is 5.92. The van der Waals surface area contributed by atoms with Gasteiger partial charge in [0.1, 0.15) is 5.82 Å². The summed E-state index contributed by atoms with van der Waals surface area (Å²) < 4.78 is 40.1. The highest BCUT2D eigenvalue weighted by atomic mass is 32.2. The Kier molecular flexibility index (Phi) is 6.27. The fraction of sp³-hybridized carbons (Fsp3) is 0.278. The molecule has 0 aliphatic rings. The summed E-state index contributed by atoms with van der Waals surface area (Å²) >= 11 is 0. The number of hydrogen-bond acceptors (Lipinski definition) is 3. The van der Waals surface area contributed by atoms with E-state index in [-0.39, 0.29) is 11.4 Å².